The van der Waals surface area contributed by atoms with Crippen LogP contribution in [-0.2, 0) is 4.79 Å². The van der Waals surface area contributed by atoms with Crippen LogP contribution in [0.4, 0.5) is 22.7 Å². The number of nitrogens with one attached hydrogen (secondary N) is 2. The second-order valence-corrected chi connectivity index (χ2v) is 9.04. The molecule has 0 aliphatic carbocycles. The van der Waals surface area contributed by atoms with E-state index in [4.69, 9.17) is 0 Å². The lowest BCUT2D eigenvalue weighted by Crippen LogP contribution is -2.52. The first-order valence-electron chi connectivity index (χ1n) is 10.2. The van der Waals surface area contributed by atoms with E-state index >= 15 is 0 Å². The topological polar surface area (TPSA) is 109 Å². The SMILES string of the molecule is CC(C(=O)Nc1nc2cc3c(cc2s1)OC(F)(F)O3)N1CCC(F)(F)C(c2c[nH]c(=O)cn2)C1. The van der Waals surface area contributed by atoms with Gasteiger partial charge >= 0.3 is 6.29 Å². The van der Waals surface area contributed by atoms with E-state index in [1.165, 1.54) is 12.1 Å². The fourth-order valence-corrected chi connectivity index (χ4v) is 4.81. The molecule has 0 radical (unpaired) electrons. The van der Waals surface area contributed by atoms with E-state index in [2.05, 4.69) is 29.7 Å². The van der Waals surface area contributed by atoms with E-state index in [-0.39, 0.29) is 35.4 Å². The van der Waals surface area contributed by atoms with E-state index in [0.717, 1.165) is 23.7 Å². The van der Waals surface area contributed by atoms with Crippen LogP contribution < -0.4 is 20.3 Å². The molecule has 180 valence electrons. The maximum absolute atomic E-state index is 14.6. The Labute approximate surface area is 192 Å². The molecular weight excluding hydrogens is 482 g/mol. The van der Waals surface area contributed by atoms with Gasteiger partial charge in [-0.2, -0.15) is 0 Å². The lowest BCUT2D eigenvalue weighted by atomic mass is 9.90. The van der Waals surface area contributed by atoms with Crippen LogP contribution in [0.15, 0.2) is 29.3 Å². The van der Waals surface area contributed by atoms with Gasteiger partial charge in [-0.25, -0.2) is 13.8 Å². The molecule has 14 heteroatoms. The molecule has 2 aromatic heterocycles. The molecule has 0 bridgehead atoms. The van der Waals surface area contributed by atoms with Crippen molar-refractivity contribution in [3.05, 3.63) is 40.6 Å². The zero-order valence-electron chi connectivity index (χ0n) is 17.5. The number of piperidine rings is 1. The molecule has 34 heavy (non-hydrogen) atoms. The molecule has 2 atom stereocenters. The number of rotatable bonds is 4. The number of amides is 1. The Morgan fingerprint density at radius 2 is 2.03 bits per heavy atom. The van der Waals surface area contributed by atoms with Gasteiger partial charge in [0.25, 0.3) is 11.5 Å². The van der Waals surface area contributed by atoms with Crippen molar-refractivity contribution in [2.24, 2.45) is 0 Å². The summed E-state index contributed by atoms with van der Waals surface area (Å²) in [5, 5.41) is 2.86. The van der Waals surface area contributed by atoms with Crippen molar-refractivity contribution in [3.8, 4) is 11.5 Å². The van der Waals surface area contributed by atoms with Crippen molar-refractivity contribution >= 4 is 32.6 Å². The zero-order valence-corrected chi connectivity index (χ0v) is 18.3. The number of H-pyrrole nitrogens is 1. The monoisotopic (exact) mass is 499 g/mol. The highest BCUT2D eigenvalue weighted by Gasteiger charge is 2.47. The van der Waals surface area contributed by atoms with Gasteiger partial charge in [-0.3, -0.25) is 19.5 Å². The van der Waals surface area contributed by atoms with Gasteiger partial charge in [0.15, 0.2) is 16.6 Å². The molecule has 1 aromatic carbocycles. The predicted molar refractivity (Wildman–Crippen MR) is 113 cm³/mol. The molecule has 5 rings (SSSR count). The van der Waals surface area contributed by atoms with Gasteiger partial charge < -0.3 is 19.8 Å². The van der Waals surface area contributed by atoms with Crippen LogP contribution in [0, 0.1) is 0 Å². The molecule has 2 unspecified atom stereocenters. The molecule has 2 N–H and O–H groups in total. The Morgan fingerprint density at radius 3 is 2.74 bits per heavy atom. The highest BCUT2D eigenvalue weighted by atomic mass is 32.1. The van der Waals surface area contributed by atoms with Gasteiger partial charge in [0.2, 0.25) is 5.91 Å². The minimum Gasteiger partial charge on any atom is -0.395 e. The Balaban J connectivity index is 1.30. The van der Waals surface area contributed by atoms with Gasteiger partial charge in [-0.1, -0.05) is 11.3 Å². The fourth-order valence-electron chi connectivity index (χ4n) is 3.93. The number of alkyl halides is 4. The number of hydrogen-bond donors (Lipinski definition) is 2. The normalized spacial score (nSPS) is 22.0. The maximum Gasteiger partial charge on any atom is 0.586 e. The zero-order chi connectivity index (χ0) is 24.3. The number of anilines is 1. The lowest BCUT2D eigenvalue weighted by Gasteiger charge is -2.40. The molecule has 1 saturated heterocycles. The summed E-state index contributed by atoms with van der Waals surface area (Å²) in [5.74, 6) is -5.11. The van der Waals surface area contributed by atoms with Crippen molar-refractivity contribution in [3.63, 3.8) is 0 Å². The van der Waals surface area contributed by atoms with Gasteiger partial charge in [0.05, 0.1) is 34.1 Å². The first-order chi connectivity index (χ1) is 16.0. The summed E-state index contributed by atoms with van der Waals surface area (Å²) >= 11 is 1.05. The van der Waals surface area contributed by atoms with Crippen molar-refractivity contribution in [1.29, 1.82) is 0 Å². The van der Waals surface area contributed by atoms with Crippen LogP contribution >= 0.6 is 11.3 Å². The fraction of sp³-hybridized carbons (Fsp3) is 0.400. The average Bonchev–Trinajstić information content (AvgIpc) is 3.28. The summed E-state index contributed by atoms with van der Waals surface area (Å²) < 4.78 is 64.9. The largest absolute Gasteiger partial charge is 0.586 e. The molecule has 2 aliphatic rings. The summed E-state index contributed by atoms with van der Waals surface area (Å²) in [7, 11) is 0. The summed E-state index contributed by atoms with van der Waals surface area (Å²) in [6.07, 6.45) is -2.11. The summed E-state index contributed by atoms with van der Waals surface area (Å²) in [4.78, 5) is 36.1. The van der Waals surface area contributed by atoms with Crippen molar-refractivity contribution in [2.45, 2.75) is 37.5 Å². The minimum atomic E-state index is -3.74. The minimum absolute atomic E-state index is 0.0170. The second kappa shape index (κ2) is 7.91. The highest BCUT2D eigenvalue weighted by molar-refractivity contribution is 7.22. The van der Waals surface area contributed by atoms with Crippen LogP contribution in [0.1, 0.15) is 25.0 Å². The van der Waals surface area contributed by atoms with Gasteiger partial charge in [0.1, 0.15) is 0 Å². The van der Waals surface area contributed by atoms with E-state index in [9.17, 15) is 27.2 Å². The number of thiazole rings is 1. The maximum atomic E-state index is 14.6. The molecule has 3 aromatic rings. The number of carbonyl (C=O) groups excluding carboxylic acids is 1. The van der Waals surface area contributed by atoms with Crippen molar-refractivity contribution < 1.29 is 31.8 Å². The number of ether oxygens (including phenoxy) is 2. The first-order valence-corrected chi connectivity index (χ1v) is 11.0. The van der Waals surface area contributed by atoms with Crippen LogP contribution in [0.25, 0.3) is 10.2 Å². The number of nitrogens with zero attached hydrogens (tertiary/aromatic N) is 3. The number of aromatic nitrogens is 3. The van der Waals surface area contributed by atoms with Crippen molar-refractivity contribution in [2.75, 3.05) is 18.4 Å². The van der Waals surface area contributed by atoms with Crippen molar-refractivity contribution in [1.82, 2.24) is 19.9 Å². The van der Waals surface area contributed by atoms with Crippen LogP contribution in [0.3, 0.4) is 0 Å². The lowest BCUT2D eigenvalue weighted by molar-refractivity contribution is -0.286. The molecule has 1 amide bonds. The molecule has 4 heterocycles. The van der Waals surface area contributed by atoms with E-state index in [1.807, 2.05) is 0 Å². The standard InChI is InChI=1S/C20H17F4N5O4S/c1-9(29-3-2-19(21,22)10(8-29)12-6-26-16(30)7-25-12)17(31)28-18-27-11-4-13-14(5-15(11)34-18)33-20(23,24)32-13/h4-7,9-10H,2-3,8H2,1H3,(H,26,30)(H,27,28,31). The van der Waals surface area contributed by atoms with Crippen LogP contribution in [0.2, 0.25) is 0 Å². The Morgan fingerprint density at radius 1 is 1.29 bits per heavy atom. The molecular formula is C20H17F4N5O4S. The quantitative estimate of drug-likeness (QED) is 0.531. The number of carbonyl (C=O) groups is 1. The number of hydrogen-bond acceptors (Lipinski definition) is 8. The predicted octanol–water partition coefficient (Wildman–Crippen LogP) is 3.15. The third-order valence-electron chi connectivity index (χ3n) is 5.78. The number of fused-ring (bicyclic) bond motifs is 2. The van der Waals surface area contributed by atoms with Crippen LogP contribution in [0.5, 0.6) is 11.5 Å². The third-order valence-corrected chi connectivity index (χ3v) is 6.71. The van der Waals surface area contributed by atoms with Gasteiger partial charge in [-0.05, 0) is 6.92 Å². The number of benzene rings is 1. The summed E-state index contributed by atoms with van der Waals surface area (Å²) in [6.45, 7) is 1.43. The van der Waals surface area contributed by atoms with Crippen LogP contribution in [-0.4, -0.2) is 57.1 Å². The summed E-state index contributed by atoms with van der Waals surface area (Å²) in [5.41, 5.74) is -0.133. The molecule has 9 nitrogen and oxygen atoms in total. The number of aromatic amines is 1. The molecule has 0 saturated carbocycles. The van der Waals surface area contributed by atoms with E-state index in [0.29, 0.717) is 10.2 Å². The Kier molecular flexibility index (Phi) is 5.24. The second-order valence-electron chi connectivity index (χ2n) is 8.01. The Bertz CT molecular complexity index is 1260. The molecule has 0 spiro atoms. The smallest absolute Gasteiger partial charge is 0.395 e. The molecule has 2 aliphatic heterocycles. The van der Waals surface area contributed by atoms with Gasteiger partial charge in [-0.15, -0.1) is 8.78 Å². The number of halogens is 4. The van der Waals surface area contributed by atoms with E-state index < -0.39 is 42.1 Å². The highest BCUT2D eigenvalue weighted by Crippen LogP contribution is 2.45. The average molecular weight is 499 g/mol. The van der Waals surface area contributed by atoms with E-state index in [1.54, 1.807) is 11.8 Å². The molecule has 1 fully saturated rings. The first kappa shape index (κ1) is 22.5. The number of likely N-dealkylation sites (tertiary alicyclic amines) is 1. The van der Waals surface area contributed by atoms with Gasteiger partial charge in [0, 0.05) is 37.8 Å². The Hall–Kier alpha value is -3.26. The third kappa shape index (κ3) is 4.18. The summed E-state index contributed by atoms with van der Waals surface area (Å²) in [6, 6.07) is 1.86.